The summed E-state index contributed by atoms with van der Waals surface area (Å²) in [6.07, 6.45) is 2.47. The maximum absolute atomic E-state index is 9.07. The highest BCUT2D eigenvalue weighted by Gasteiger charge is 2.27. The van der Waals surface area contributed by atoms with Crippen LogP contribution in [-0.4, -0.2) is 13.1 Å². The molecule has 1 aliphatic rings. The summed E-state index contributed by atoms with van der Waals surface area (Å²) >= 11 is 0. The molecule has 0 spiro atoms. The van der Waals surface area contributed by atoms with Crippen molar-refractivity contribution in [2.45, 2.75) is 25.4 Å². The van der Waals surface area contributed by atoms with Gasteiger partial charge in [-0.05, 0) is 30.5 Å². The Hall–Kier alpha value is -1.53. The molecule has 1 aromatic carbocycles. The Labute approximate surface area is 90.1 Å². The van der Waals surface area contributed by atoms with E-state index in [2.05, 4.69) is 18.0 Å². The molecule has 1 aromatic rings. The largest absolute Gasteiger partial charge is 0.371 e. The van der Waals surface area contributed by atoms with Crippen LogP contribution in [0.5, 0.6) is 0 Å². The van der Waals surface area contributed by atoms with Crippen molar-refractivity contribution < 1.29 is 0 Å². The van der Waals surface area contributed by atoms with Gasteiger partial charge in [0.05, 0.1) is 11.3 Å². The molecule has 0 atom stereocenters. The molecule has 0 radical (unpaired) electrons. The van der Waals surface area contributed by atoms with Gasteiger partial charge in [0.25, 0.3) is 0 Å². The highest BCUT2D eigenvalue weighted by atomic mass is 15.2. The normalized spacial score (nSPS) is 14.7. The van der Waals surface area contributed by atoms with Crippen LogP contribution in [0.2, 0.25) is 0 Å². The van der Waals surface area contributed by atoms with Crippen LogP contribution in [0, 0.1) is 11.3 Å². The molecule has 0 amide bonds. The van der Waals surface area contributed by atoms with E-state index in [9.17, 15) is 0 Å². The predicted molar refractivity (Wildman–Crippen MR) is 60.5 cm³/mol. The topological polar surface area (TPSA) is 53.0 Å². The van der Waals surface area contributed by atoms with Crippen LogP contribution in [0.4, 0.5) is 5.69 Å². The summed E-state index contributed by atoms with van der Waals surface area (Å²) < 4.78 is 0. The van der Waals surface area contributed by atoms with Gasteiger partial charge in [-0.1, -0.05) is 6.07 Å². The fourth-order valence-corrected chi connectivity index (χ4v) is 1.77. The molecule has 0 aromatic heterocycles. The Morgan fingerprint density at radius 3 is 2.80 bits per heavy atom. The second-order valence-electron chi connectivity index (χ2n) is 4.01. The Balaban J connectivity index is 2.34. The van der Waals surface area contributed by atoms with E-state index in [1.807, 2.05) is 18.2 Å². The van der Waals surface area contributed by atoms with E-state index in [-0.39, 0.29) is 0 Å². The van der Waals surface area contributed by atoms with Gasteiger partial charge >= 0.3 is 0 Å². The molecule has 1 saturated carbocycles. The van der Waals surface area contributed by atoms with Crippen LogP contribution in [0.25, 0.3) is 0 Å². The number of hydrogen-bond acceptors (Lipinski definition) is 3. The van der Waals surface area contributed by atoms with Crippen LogP contribution in [0.1, 0.15) is 24.0 Å². The number of anilines is 1. The minimum Gasteiger partial charge on any atom is -0.371 e. The monoisotopic (exact) mass is 201 g/mol. The molecular weight excluding hydrogens is 186 g/mol. The first-order chi connectivity index (χ1) is 7.26. The van der Waals surface area contributed by atoms with Crippen LogP contribution in [0.3, 0.4) is 0 Å². The van der Waals surface area contributed by atoms with Gasteiger partial charge in [0.1, 0.15) is 6.07 Å². The zero-order chi connectivity index (χ0) is 10.8. The van der Waals surface area contributed by atoms with Gasteiger partial charge in [0, 0.05) is 19.6 Å². The molecule has 0 saturated heterocycles. The number of rotatable bonds is 3. The first-order valence-electron chi connectivity index (χ1n) is 5.22. The Morgan fingerprint density at radius 2 is 2.27 bits per heavy atom. The van der Waals surface area contributed by atoms with Gasteiger partial charge in [-0.25, -0.2) is 0 Å². The van der Waals surface area contributed by atoms with Crippen molar-refractivity contribution in [3.63, 3.8) is 0 Å². The van der Waals surface area contributed by atoms with Crippen molar-refractivity contribution in [3.8, 4) is 6.07 Å². The second-order valence-corrected chi connectivity index (χ2v) is 4.01. The van der Waals surface area contributed by atoms with Gasteiger partial charge in [0.15, 0.2) is 0 Å². The number of nitriles is 1. The van der Waals surface area contributed by atoms with E-state index in [4.69, 9.17) is 11.0 Å². The summed E-state index contributed by atoms with van der Waals surface area (Å²) in [7, 11) is 2.05. The van der Waals surface area contributed by atoms with Gasteiger partial charge in [-0.2, -0.15) is 5.26 Å². The van der Waals surface area contributed by atoms with Crippen LogP contribution >= 0.6 is 0 Å². The highest BCUT2D eigenvalue weighted by molar-refractivity contribution is 5.61. The van der Waals surface area contributed by atoms with E-state index in [0.717, 1.165) is 16.8 Å². The first kappa shape index (κ1) is 10.0. The molecular formula is C12H15N3. The predicted octanol–water partition coefficient (Wildman–Crippen LogP) is 1.62. The van der Waals surface area contributed by atoms with Gasteiger partial charge < -0.3 is 10.6 Å². The fourth-order valence-electron chi connectivity index (χ4n) is 1.77. The van der Waals surface area contributed by atoms with E-state index in [0.29, 0.717) is 12.6 Å². The van der Waals surface area contributed by atoms with Crippen LogP contribution in [0.15, 0.2) is 18.2 Å². The molecule has 78 valence electrons. The summed E-state index contributed by atoms with van der Waals surface area (Å²) in [5.41, 5.74) is 8.32. The Bertz CT molecular complexity index is 402. The first-order valence-corrected chi connectivity index (χ1v) is 5.22. The second kappa shape index (κ2) is 3.92. The molecule has 1 fully saturated rings. The quantitative estimate of drug-likeness (QED) is 0.808. The van der Waals surface area contributed by atoms with E-state index >= 15 is 0 Å². The summed E-state index contributed by atoms with van der Waals surface area (Å²) in [5.74, 6) is 0. The maximum atomic E-state index is 9.07. The third-order valence-corrected chi connectivity index (χ3v) is 2.89. The standard InChI is InChI=1S/C12H15N3/c1-15(11-3-4-11)12-5-2-9(7-13)6-10(12)8-14/h2,5-6,11H,3-4,7,13H2,1H3. The van der Waals surface area contributed by atoms with Crippen molar-refractivity contribution in [3.05, 3.63) is 29.3 Å². The summed E-state index contributed by atoms with van der Waals surface area (Å²) in [4.78, 5) is 2.19. The molecule has 3 nitrogen and oxygen atoms in total. The van der Waals surface area contributed by atoms with Crippen molar-refractivity contribution in [1.29, 1.82) is 5.26 Å². The number of benzene rings is 1. The van der Waals surface area contributed by atoms with Crippen molar-refractivity contribution in [2.24, 2.45) is 5.73 Å². The van der Waals surface area contributed by atoms with E-state index in [1.54, 1.807) is 0 Å². The number of hydrogen-bond donors (Lipinski definition) is 1. The zero-order valence-electron chi connectivity index (χ0n) is 8.90. The molecule has 3 heteroatoms. The number of nitrogens with zero attached hydrogens (tertiary/aromatic N) is 2. The molecule has 2 N–H and O–H groups in total. The summed E-state index contributed by atoms with van der Waals surface area (Å²) in [5, 5.41) is 9.07. The lowest BCUT2D eigenvalue weighted by Crippen LogP contribution is -2.20. The SMILES string of the molecule is CN(c1ccc(CN)cc1C#N)C1CC1. The zero-order valence-corrected chi connectivity index (χ0v) is 8.90. The minimum absolute atomic E-state index is 0.488. The maximum Gasteiger partial charge on any atom is 0.101 e. The van der Waals surface area contributed by atoms with Gasteiger partial charge in [0.2, 0.25) is 0 Å². The average Bonchev–Trinajstić information content (AvgIpc) is 3.11. The minimum atomic E-state index is 0.488. The number of nitrogens with two attached hydrogens (primary N) is 1. The van der Waals surface area contributed by atoms with Crippen molar-refractivity contribution in [2.75, 3.05) is 11.9 Å². The van der Waals surface area contributed by atoms with Crippen LogP contribution in [-0.2, 0) is 6.54 Å². The lowest BCUT2D eigenvalue weighted by Gasteiger charge is -2.20. The molecule has 0 aliphatic heterocycles. The Kier molecular flexibility index (Phi) is 2.61. The Morgan fingerprint density at radius 1 is 1.53 bits per heavy atom. The fraction of sp³-hybridized carbons (Fsp3) is 0.417. The highest BCUT2D eigenvalue weighted by Crippen LogP contribution is 2.32. The van der Waals surface area contributed by atoms with Gasteiger partial charge in [-0.15, -0.1) is 0 Å². The smallest absolute Gasteiger partial charge is 0.101 e. The molecule has 1 aliphatic carbocycles. The van der Waals surface area contributed by atoms with Crippen LogP contribution < -0.4 is 10.6 Å². The molecule has 2 rings (SSSR count). The van der Waals surface area contributed by atoms with E-state index < -0.39 is 0 Å². The lowest BCUT2D eigenvalue weighted by molar-refractivity contribution is 0.913. The molecule has 15 heavy (non-hydrogen) atoms. The third kappa shape index (κ3) is 1.95. The van der Waals surface area contributed by atoms with Crippen molar-refractivity contribution in [1.82, 2.24) is 0 Å². The van der Waals surface area contributed by atoms with Crippen molar-refractivity contribution >= 4 is 5.69 Å². The average molecular weight is 201 g/mol. The van der Waals surface area contributed by atoms with E-state index in [1.165, 1.54) is 12.8 Å². The molecule has 0 unspecified atom stereocenters. The summed E-state index contributed by atoms with van der Waals surface area (Å²) in [6, 6.07) is 8.74. The lowest BCUT2D eigenvalue weighted by atomic mass is 10.1. The third-order valence-electron chi connectivity index (χ3n) is 2.89. The molecule has 0 bridgehead atoms. The van der Waals surface area contributed by atoms with Gasteiger partial charge in [-0.3, -0.25) is 0 Å². The molecule has 0 heterocycles. The summed E-state index contributed by atoms with van der Waals surface area (Å²) in [6.45, 7) is 0.488.